The van der Waals surface area contributed by atoms with Gasteiger partial charge in [0.2, 0.25) is 10.0 Å². The van der Waals surface area contributed by atoms with E-state index in [0.29, 0.717) is 43.6 Å². The summed E-state index contributed by atoms with van der Waals surface area (Å²) in [6.45, 7) is 5.58. The zero-order valence-electron chi connectivity index (χ0n) is 17.4. The molecule has 0 saturated carbocycles. The first-order valence-corrected chi connectivity index (χ1v) is 11.8. The monoisotopic (exact) mass is 430 g/mol. The van der Waals surface area contributed by atoms with E-state index in [1.54, 1.807) is 16.4 Å². The quantitative estimate of drug-likeness (QED) is 0.363. The smallest absolute Gasteiger partial charge is 0.243 e. The van der Waals surface area contributed by atoms with Crippen LogP contribution in [0.4, 0.5) is 0 Å². The highest BCUT2D eigenvalue weighted by molar-refractivity contribution is 7.89. The predicted octanol–water partition coefficient (Wildman–Crippen LogP) is 2.61. The average Bonchev–Trinajstić information content (AvgIpc) is 3.32. The zero-order valence-corrected chi connectivity index (χ0v) is 18.2. The van der Waals surface area contributed by atoms with E-state index in [1.165, 1.54) is 0 Å². The highest BCUT2D eigenvalue weighted by atomic mass is 32.2. The molecule has 3 rings (SSSR count). The molecule has 2 aromatic carbocycles. The molecule has 1 fully saturated rings. The SMILES string of the molecule is CCNC(=NCc1ccc(S(=O)(=O)N2CCCC2)cc1)NCCOc1ccccc1. The van der Waals surface area contributed by atoms with Gasteiger partial charge in [-0.05, 0) is 49.6 Å². The van der Waals surface area contributed by atoms with Gasteiger partial charge in [-0.25, -0.2) is 13.4 Å². The van der Waals surface area contributed by atoms with Gasteiger partial charge in [-0.2, -0.15) is 4.31 Å². The van der Waals surface area contributed by atoms with Crippen molar-refractivity contribution >= 4 is 16.0 Å². The largest absolute Gasteiger partial charge is 0.492 e. The number of para-hydroxylation sites is 1. The van der Waals surface area contributed by atoms with Crippen molar-refractivity contribution in [1.82, 2.24) is 14.9 Å². The summed E-state index contributed by atoms with van der Waals surface area (Å²) in [5, 5.41) is 6.45. The molecule has 0 atom stereocenters. The predicted molar refractivity (Wildman–Crippen MR) is 119 cm³/mol. The van der Waals surface area contributed by atoms with Crippen LogP contribution in [-0.2, 0) is 16.6 Å². The van der Waals surface area contributed by atoms with E-state index in [1.807, 2.05) is 49.4 Å². The zero-order chi connectivity index (χ0) is 21.2. The third-order valence-corrected chi connectivity index (χ3v) is 6.71. The molecular formula is C22H30N4O3S. The Balaban J connectivity index is 1.52. The lowest BCUT2D eigenvalue weighted by Gasteiger charge is -2.15. The van der Waals surface area contributed by atoms with E-state index in [9.17, 15) is 8.42 Å². The number of sulfonamides is 1. The van der Waals surface area contributed by atoms with Gasteiger partial charge in [0, 0.05) is 19.6 Å². The fourth-order valence-corrected chi connectivity index (χ4v) is 4.73. The van der Waals surface area contributed by atoms with Gasteiger partial charge < -0.3 is 15.4 Å². The molecule has 0 aliphatic carbocycles. The Morgan fingerprint density at radius 3 is 2.40 bits per heavy atom. The van der Waals surface area contributed by atoms with Crippen molar-refractivity contribution in [2.24, 2.45) is 4.99 Å². The van der Waals surface area contributed by atoms with Gasteiger partial charge in [0.15, 0.2) is 5.96 Å². The van der Waals surface area contributed by atoms with E-state index in [0.717, 1.165) is 30.7 Å². The molecule has 30 heavy (non-hydrogen) atoms. The van der Waals surface area contributed by atoms with Crippen LogP contribution in [0.3, 0.4) is 0 Å². The summed E-state index contributed by atoms with van der Waals surface area (Å²) in [6, 6.07) is 16.7. The fourth-order valence-electron chi connectivity index (χ4n) is 3.21. The van der Waals surface area contributed by atoms with Crippen molar-refractivity contribution in [3.63, 3.8) is 0 Å². The molecule has 1 saturated heterocycles. The summed E-state index contributed by atoms with van der Waals surface area (Å²) in [6.07, 6.45) is 1.87. The molecular weight excluding hydrogens is 400 g/mol. The summed E-state index contributed by atoms with van der Waals surface area (Å²) in [4.78, 5) is 4.92. The lowest BCUT2D eigenvalue weighted by molar-refractivity contribution is 0.322. The van der Waals surface area contributed by atoms with Crippen molar-refractivity contribution in [3.05, 3.63) is 60.2 Å². The van der Waals surface area contributed by atoms with Crippen LogP contribution in [-0.4, -0.2) is 51.5 Å². The normalized spacial score (nSPS) is 15.2. The highest BCUT2D eigenvalue weighted by Crippen LogP contribution is 2.21. The molecule has 2 N–H and O–H groups in total. The minimum absolute atomic E-state index is 0.347. The van der Waals surface area contributed by atoms with Gasteiger partial charge in [-0.1, -0.05) is 30.3 Å². The van der Waals surface area contributed by atoms with Gasteiger partial charge in [0.25, 0.3) is 0 Å². The summed E-state index contributed by atoms with van der Waals surface area (Å²) < 4.78 is 32.5. The lowest BCUT2D eigenvalue weighted by Crippen LogP contribution is -2.39. The molecule has 7 nitrogen and oxygen atoms in total. The molecule has 0 bridgehead atoms. The number of benzene rings is 2. The Bertz CT molecular complexity index is 909. The van der Waals surface area contributed by atoms with E-state index >= 15 is 0 Å². The number of hydrogen-bond acceptors (Lipinski definition) is 4. The second kappa shape index (κ2) is 11.0. The van der Waals surface area contributed by atoms with Crippen LogP contribution < -0.4 is 15.4 Å². The maximum absolute atomic E-state index is 12.6. The molecule has 0 unspecified atom stereocenters. The van der Waals surface area contributed by atoms with Gasteiger partial charge >= 0.3 is 0 Å². The molecule has 2 aromatic rings. The molecule has 0 aromatic heterocycles. The van der Waals surface area contributed by atoms with Gasteiger partial charge in [-0.15, -0.1) is 0 Å². The third-order valence-electron chi connectivity index (χ3n) is 4.80. The molecule has 1 aliphatic heterocycles. The first-order valence-electron chi connectivity index (χ1n) is 10.4. The number of aliphatic imine (C=N–C) groups is 1. The van der Waals surface area contributed by atoms with E-state index in [2.05, 4.69) is 15.6 Å². The van der Waals surface area contributed by atoms with Crippen LogP contribution in [0.5, 0.6) is 5.75 Å². The Labute approximate surface area is 179 Å². The molecule has 1 heterocycles. The van der Waals surface area contributed by atoms with Crippen LogP contribution in [0.2, 0.25) is 0 Å². The maximum atomic E-state index is 12.6. The first kappa shape index (κ1) is 22.1. The second-order valence-electron chi connectivity index (χ2n) is 7.04. The Morgan fingerprint density at radius 2 is 1.73 bits per heavy atom. The van der Waals surface area contributed by atoms with Crippen LogP contribution in [0.15, 0.2) is 64.5 Å². The molecule has 0 spiro atoms. The van der Waals surface area contributed by atoms with Crippen LogP contribution in [0.1, 0.15) is 25.3 Å². The summed E-state index contributed by atoms with van der Waals surface area (Å²) in [5.74, 6) is 1.54. The minimum Gasteiger partial charge on any atom is -0.492 e. The summed E-state index contributed by atoms with van der Waals surface area (Å²) in [7, 11) is -3.37. The minimum atomic E-state index is -3.37. The topological polar surface area (TPSA) is 83.0 Å². The van der Waals surface area contributed by atoms with Crippen molar-refractivity contribution < 1.29 is 13.2 Å². The number of nitrogens with one attached hydrogen (secondary N) is 2. The number of hydrogen-bond donors (Lipinski definition) is 2. The number of guanidine groups is 1. The van der Waals surface area contributed by atoms with Crippen LogP contribution in [0, 0.1) is 0 Å². The average molecular weight is 431 g/mol. The van der Waals surface area contributed by atoms with Crippen molar-refractivity contribution in [3.8, 4) is 5.75 Å². The lowest BCUT2D eigenvalue weighted by atomic mass is 10.2. The second-order valence-corrected chi connectivity index (χ2v) is 8.98. The van der Waals surface area contributed by atoms with Crippen LogP contribution >= 0.6 is 0 Å². The number of ether oxygens (including phenoxy) is 1. The van der Waals surface area contributed by atoms with Gasteiger partial charge in [0.1, 0.15) is 12.4 Å². The Kier molecular flexibility index (Phi) is 8.10. The molecule has 8 heteroatoms. The Hall–Kier alpha value is -2.58. The van der Waals surface area contributed by atoms with Crippen molar-refractivity contribution in [2.45, 2.75) is 31.2 Å². The van der Waals surface area contributed by atoms with Crippen molar-refractivity contribution in [2.75, 3.05) is 32.8 Å². The summed E-state index contributed by atoms with van der Waals surface area (Å²) >= 11 is 0. The van der Waals surface area contributed by atoms with E-state index in [4.69, 9.17) is 4.74 Å². The molecule has 1 aliphatic rings. The van der Waals surface area contributed by atoms with Gasteiger partial charge in [-0.3, -0.25) is 0 Å². The molecule has 0 amide bonds. The standard InChI is InChI=1S/C22H30N4O3S/c1-2-23-22(24-14-17-29-20-8-4-3-5-9-20)25-18-19-10-12-21(13-11-19)30(27,28)26-15-6-7-16-26/h3-5,8-13H,2,6-7,14-18H2,1H3,(H2,23,24,25). The van der Waals surface area contributed by atoms with E-state index in [-0.39, 0.29) is 0 Å². The highest BCUT2D eigenvalue weighted by Gasteiger charge is 2.26. The number of nitrogens with zero attached hydrogens (tertiary/aromatic N) is 2. The fraction of sp³-hybridized carbons (Fsp3) is 0.409. The molecule has 162 valence electrons. The third kappa shape index (κ3) is 6.21. The Morgan fingerprint density at radius 1 is 1.03 bits per heavy atom. The van der Waals surface area contributed by atoms with Crippen molar-refractivity contribution in [1.29, 1.82) is 0 Å². The summed E-state index contributed by atoms with van der Waals surface area (Å²) in [5.41, 5.74) is 0.952. The first-order chi connectivity index (χ1) is 14.6. The molecule has 0 radical (unpaired) electrons. The van der Waals surface area contributed by atoms with Crippen LogP contribution in [0.25, 0.3) is 0 Å². The maximum Gasteiger partial charge on any atom is 0.243 e. The number of rotatable bonds is 9. The van der Waals surface area contributed by atoms with Gasteiger partial charge in [0.05, 0.1) is 18.0 Å². The van der Waals surface area contributed by atoms with E-state index < -0.39 is 10.0 Å².